The molecule has 0 bridgehead atoms. The maximum atomic E-state index is 12.8. The van der Waals surface area contributed by atoms with E-state index in [1.165, 1.54) is 18.2 Å². The van der Waals surface area contributed by atoms with Crippen LogP contribution in [0.4, 0.5) is 4.39 Å². The van der Waals surface area contributed by atoms with Gasteiger partial charge in [0.05, 0.1) is 11.7 Å². The van der Waals surface area contributed by atoms with Crippen molar-refractivity contribution < 1.29 is 13.9 Å². The third kappa shape index (κ3) is 3.70. The van der Waals surface area contributed by atoms with Crippen LogP contribution >= 0.6 is 0 Å². The van der Waals surface area contributed by atoms with E-state index in [-0.39, 0.29) is 11.7 Å². The maximum Gasteiger partial charge on any atom is 0.338 e. The smallest absolute Gasteiger partial charge is 0.338 e. The predicted octanol–water partition coefficient (Wildman–Crippen LogP) is 3.17. The van der Waals surface area contributed by atoms with Crippen LogP contribution in [-0.2, 0) is 4.74 Å². The number of ether oxygens (including phenoxy) is 1. The minimum Gasteiger partial charge on any atom is -0.459 e. The van der Waals surface area contributed by atoms with E-state index in [2.05, 4.69) is 0 Å². The van der Waals surface area contributed by atoms with Crippen molar-refractivity contribution in [1.82, 2.24) is 0 Å². The molecule has 0 fully saturated rings. The van der Waals surface area contributed by atoms with Gasteiger partial charge in [0.25, 0.3) is 0 Å². The van der Waals surface area contributed by atoms with E-state index in [1.54, 1.807) is 6.07 Å². The van der Waals surface area contributed by atoms with Crippen LogP contribution in [0.1, 0.15) is 37.0 Å². The average Bonchev–Trinajstić information content (AvgIpc) is 2.18. The quantitative estimate of drug-likeness (QED) is 0.713. The van der Waals surface area contributed by atoms with Crippen molar-refractivity contribution in [1.29, 1.82) is 0 Å². The van der Waals surface area contributed by atoms with Crippen molar-refractivity contribution in [2.45, 2.75) is 32.8 Å². The number of esters is 1. The van der Waals surface area contributed by atoms with Crippen LogP contribution in [0.25, 0.3) is 0 Å². The molecule has 0 aromatic heterocycles. The van der Waals surface area contributed by atoms with Gasteiger partial charge in [-0.25, -0.2) is 9.18 Å². The molecule has 2 nitrogen and oxygen atoms in total. The van der Waals surface area contributed by atoms with Crippen molar-refractivity contribution in [3.05, 3.63) is 35.6 Å². The van der Waals surface area contributed by atoms with E-state index >= 15 is 0 Å². The van der Waals surface area contributed by atoms with Crippen molar-refractivity contribution >= 4 is 5.97 Å². The highest BCUT2D eigenvalue weighted by atomic mass is 19.1. The molecule has 0 aliphatic heterocycles. The van der Waals surface area contributed by atoms with Crippen LogP contribution in [0, 0.1) is 5.82 Å². The molecule has 1 aromatic rings. The first-order valence-electron chi connectivity index (χ1n) is 5.10. The Hall–Kier alpha value is -1.38. The Labute approximate surface area is 89.1 Å². The van der Waals surface area contributed by atoms with Gasteiger partial charge >= 0.3 is 5.97 Å². The molecule has 1 rings (SSSR count). The summed E-state index contributed by atoms with van der Waals surface area (Å²) in [7, 11) is 0. The lowest BCUT2D eigenvalue weighted by Crippen LogP contribution is -2.14. The molecule has 0 amide bonds. The summed E-state index contributed by atoms with van der Waals surface area (Å²) >= 11 is 0. The Morgan fingerprint density at radius 1 is 1.53 bits per heavy atom. The second-order valence-corrected chi connectivity index (χ2v) is 3.51. The largest absolute Gasteiger partial charge is 0.459 e. The first-order chi connectivity index (χ1) is 7.13. The zero-order chi connectivity index (χ0) is 11.3. The third-order valence-electron chi connectivity index (χ3n) is 2.06. The summed E-state index contributed by atoms with van der Waals surface area (Å²) in [5, 5.41) is 0. The van der Waals surface area contributed by atoms with Crippen molar-refractivity contribution in [3.63, 3.8) is 0 Å². The van der Waals surface area contributed by atoms with Gasteiger partial charge in [-0.2, -0.15) is 0 Å². The Morgan fingerprint density at radius 3 is 2.87 bits per heavy atom. The van der Waals surface area contributed by atoms with Crippen LogP contribution in [0.2, 0.25) is 0 Å². The highest BCUT2D eigenvalue weighted by molar-refractivity contribution is 5.89. The summed E-state index contributed by atoms with van der Waals surface area (Å²) < 4.78 is 17.9. The summed E-state index contributed by atoms with van der Waals surface area (Å²) in [5.41, 5.74) is 0.262. The van der Waals surface area contributed by atoms with Gasteiger partial charge in [0.2, 0.25) is 0 Å². The van der Waals surface area contributed by atoms with E-state index in [0.29, 0.717) is 0 Å². The molecule has 3 heteroatoms. The second kappa shape index (κ2) is 5.49. The van der Waals surface area contributed by atoms with E-state index in [0.717, 1.165) is 12.8 Å². The maximum absolute atomic E-state index is 12.8. The molecule has 1 atom stereocenters. The van der Waals surface area contributed by atoms with Crippen LogP contribution < -0.4 is 0 Å². The standard InChI is InChI=1S/C12H15FO2/c1-3-5-9(2)15-12(14)10-6-4-7-11(13)8-10/h4,6-9H,3,5H2,1-2H3. The first kappa shape index (κ1) is 11.7. The zero-order valence-corrected chi connectivity index (χ0v) is 9.00. The highest BCUT2D eigenvalue weighted by Crippen LogP contribution is 2.09. The van der Waals surface area contributed by atoms with Gasteiger partial charge in [0, 0.05) is 0 Å². The molecule has 0 heterocycles. The molecule has 15 heavy (non-hydrogen) atoms. The van der Waals surface area contributed by atoms with Crippen LogP contribution in [0.3, 0.4) is 0 Å². The molecular formula is C12H15FO2. The number of carbonyl (C=O) groups is 1. The first-order valence-corrected chi connectivity index (χ1v) is 5.10. The summed E-state index contributed by atoms with van der Waals surface area (Å²) in [6.07, 6.45) is 1.66. The number of rotatable bonds is 4. The zero-order valence-electron chi connectivity index (χ0n) is 9.00. The van der Waals surface area contributed by atoms with E-state index < -0.39 is 11.8 Å². The van der Waals surface area contributed by atoms with Gasteiger partial charge in [-0.15, -0.1) is 0 Å². The summed E-state index contributed by atoms with van der Waals surface area (Å²) in [4.78, 5) is 11.5. The van der Waals surface area contributed by atoms with Gasteiger partial charge in [0.15, 0.2) is 0 Å². The highest BCUT2D eigenvalue weighted by Gasteiger charge is 2.11. The van der Waals surface area contributed by atoms with E-state index in [4.69, 9.17) is 4.74 Å². The SMILES string of the molecule is CCCC(C)OC(=O)c1cccc(F)c1. The van der Waals surface area contributed by atoms with Crippen LogP contribution in [0.5, 0.6) is 0 Å². The molecule has 1 aromatic carbocycles. The van der Waals surface area contributed by atoms with E-state index in [9.17, 15) is 9.18 Å². The molecule has 0 N–H and O–H groups in total. The van der Waals surface area contributed by atoms with E-state index in [1.807, 2.05) is 13.8 Å². The van der Waals surface area contributed by atoms with Crippen molar-refractivity contribution in [3.8, 4) is 0 Å². The van der Waals surface area contributed by atoms with Crippen molar-refractivity contribution in [2.75, 3.05) is 0 Å². The van der Waals surface area contributed by atoms with Gasteiger partial charge in [0.1, 0.15) is 5.82 Å². The van der Waals surface area contributed by atoms with Crippen LogP contribution in [-0.4, -0.2) is 12.1 Å². The Morgan fingerprint density at radius 2 is 2.27 bits per heavy atom. The number of carbonyl (C=O) groups excluding carboxylic acids is 1. The Kier molecular flexibility index (Phi) is 4.28. The lowest BCUT2D eigenvalue weighted by atomic mass is 10.2. The third-order valence-corrected chi connectivity index (χ3v) is 2.06. The molecule has 0 aliphatic carbocycles. The molecule has 0 spiro atoms. The summed E-state index contributed by atoms with van der Waals surface area (Å²) in [6.45, 7) is 3.85. The molecule has 0 aliphatic rings. The molecule has 0 saturated carbocycles. The Balaban J connectivity index is 2.61. The Bertz CT molecular complexity index is 336. The fraction of sp³-hybridized carbons (Fsp3) is 0.417. The molecular weight excluding hydrogens is 195 g/mol. The fourth-order valence-corrected chi connectivity index (χ4v) is 1.33. The normalized spacial score (nSPS) is 12.2. The molecule has 0 radical (unpaired) electrons. The molecule has 82 valence electrons. The lowest BCUT2D eigenvalue weighted by molar-refractivity contribution is 0.0323. The number of benzene rings is 1. The summed E-state index contributed by atoms with van der Waals surface area (Å²) in [6, 6.07) is 5.52. The average molecular weight is 210 g/mol. The topological polar surface area (TPSA) is 26.3 Å². The van der Waals surface area contributed by atoms with Crippen molar-refractivity contribution in [2.24, 2.45) is 0 Å². The molecule has 1 unspecified atom stereocenters. The summed E-state index contributed by atoms with van der Waals surface area (Å²) in [5.74, 6) is -0.886. The van der Waals surface area contributed by atoms with Gasteiger partial charge < -0.3 is 4.74 Å². The lowest BCUT2D eigenvalue weighted by Gasteiger charge is -2.11. The molecule has 0 saturated heterocycles. The minimum absolute atomic E-state index is 0.120. The number of hydrogen-bond acceptors (Lipinski definition) is 2. The minimum atomic E-state index is -0.463. The van der Waals surface area contributed by atoms with Crippen LogP contribution in [0.15, 0.2) is 24.3 Å². The fourth-order valence-electron chi connectivity index (χ4n) is 1.33. The predicted molar refractivity (Wildman–Crippen MR) is 56.2 cm³/mol. The van der Waals surface area contributed by atoms with Gasteiger partial charge in [-0.05, 0) is 31.5 Å². The van der Waals surface area contributed by atoms with Gasteiger partial charge in [-0.1, -0.05) is 19.4 Å². The second-order valence-electron chi connectivity index (χ2n) is 3.51. The number of hydrogen-bond donors (Lipinski definition) is 0. The number of halogens is 1. The van der Waals surface area contributed by atoms with Gasteiger partial charge in [-0.3, -0.25) is 0 Å². The monoisotopic (exact) mass is 210 g/mol.